The van der Waals surface area contributed by atoms with Crippen molar-refractivity contribution in [3.8, 4) is 0 Å². The largest absolute Gasteiger partial charge is 0.342 e. The van der Waals surface area contributed by atoms with Gasteiger partial charge in [0, 0.05) is 6.54 Å². The maximum atomic E-state index is 11.7. The van der Waals surface area contributed by atoms with Gasteiger partial charge in [-0.15, -0.1) is 0 Å². The number of aliphatic imine (C=N–C) groups is 1. The molecule has 78 valence electrons. The SMILES string of the molecule is CCCN=C1NC(=O)C(C)(C2CC2)N1. The number of carbonyl (C=O) groups is 1. The Bertz CT molecular complexity index is 283. The van der Waals surface area contributed by atoms with Gasteiger partial charge < -0.3 is 5.32 Å². The molecule has 2 N–H and O–H groups in total. The molecule has 1 aliphatic carbocycles. The molecule has 0 aromatic heterocycles. The van der Waals surface area contributed by atoms with E-state index in [0.717, 1.165) is 25.8 Å². The van der Waals surface area contributed by atoms with Gasteiger partial charge in [0.2, 0.25) is 0 Å². The van der Waals surface area contributed by atoms with Crippen LogP contribution in [-0.2, 0) is 4.79 Å². The Kier molecular flexibility index (Phi) is 2.21. The van der Waals surface area contributed by atoms with Crippen LogP contribution < -0.4 is 10.6 Å². The molecule has 2 aliphatic rings. The van der Waals surface area contributed by atoms with Gasteiger partial charge in [0.1, 0.15) is 5.54 Å². The molecule has 0 bridgehead atoms. The van der Waals surface area contributed by atoms with Gasteiger partial charge in [-0.05, 0) is 32.1 Å². The zero-order valence-electron chi connectivity index (χ0n) is 8.76. The average Bonchev–Trinajstić information content (AvgIpc) is 2.93. The molecule has 2 fully saturated rings. The highest BCUT2D eigenvalue weighted by Gasteiger charge is 2.51. The third kappa shape index (κ3) is 1.49. The average molecular weight is 195 g/mol. The molecule has 1 saturated carbocycles. The van der Waals surface area contributed by atoms with E-state index in [0.29, 0.717) is 11.9 Å². The lowest BCUT2D eigenvalue weighted by Gasteiger charge is -2.19. The van der Waals surface area contributed by atoms with E-state index in [4.69, 9.17) is 0 Å². The molecule has 4 heteroatoms. The van der Waals surface area contributed by atoms with E-state index in [1.807, 2.05) is 6.92 Å². The molecule has 1 atom stereocenters. The van der Waals surface area contributed by atoms with Crippen molar-refractivity contribution in [2.24, 2.45) is 10.9 Å². The Hall–Kier alpha value is -1.06. The van der Waals surface area contributed by atoms with Crippen LogP contribution in [0.5, 0.6) is 0 Å². The predicted octanol–water partition coefficient (Wildman–Crippen LogP) is 0.640. The summed E-state index contributed by atoms with van der Waals surface area (Å²) in [6, 6.07) is 0. The maximum Gasteiger partial charge on any atom is 0.252 e. The second kappa shape index (κ2) is 3.26. The molecular formula is C10H17N3O. The smallest absolute Gasteiger partial charge is 0.252 e. The Balaban J connectivity index is 2.06. The topological polar surface area (TPSA) is 53.5 Å². The lowest BCUT2D eigenvalue weighted by atomic mass is 9.97. The zero-order valence-corrected chi connectivity index (χ0v) is 8.76. The highest BCUT2D eigenvalue weighted by molar-refractivity contribution is 6.09. The number of hydrogen-bond acceptors (Lipinski definition) is 2. The lowest BCUT2D eigenvalue weighted by Crippen LogP contribution is -2.45. The van der Waals surface area contributed by atoms with Crippen LogP contribution in [0.15, 0.2) is 4.99 Å². The van der Waals surface area contributed by atoms with Crippen LogP contribution in [0.1, 0.15) is 33.1 Å². The fraction of sp³-hybridized carbons (Fsp3) is 0.800. The molecule has 0 spiro atoms. The minimum Gasteiger partial charge on any atom is -0.342 e. The summed E-state index contributed by atoms with van der Waals surface area (Å²) in [5.74, 6) is 1.23. The molecule has 0 aromatic rings. The number of guanidine groups is 1. The van der Waals surface area contributed by atoms with Gasteiger partial charge in [0.25, 0.3) is 5.91 Å². The third-order valence-electron chi connectivity index (χ3n) is 2.97. The highest BCUT2D eigenvalue weighted by atomic mass is 16.2. The summed E-state index contributed by atoms with van der Waals surface area (Å²) < 4.78 is 0. The second-order valence-electron chi connectivity index (χ2n) is 4.29. The van der Waals surface area contributed by atoms with Gasteiger partial charge in [-0.3, -0.25) is 15.1 Å². The monoisotopic (exact) mass is 195 g/mol. The molecule has 1 saturated heterocycles. The zero-order chi connectivity index (χ0) is 10.2. The second-order valence-corrected chi connectivity index (χ2v) is 4.29. The Morgan fingerprint density at radius 2 is 2.29 bits per heavy atom. The van der Waals surface area contributed by atoms with Gasteiger partial charge >= 0.3 is 0 Å². The van der Waals surface area contributed by atoms with Gasteiger partial charge in [-0.1, -0.05) is 6.92 Å². The predicted molar refractivity (Wildman–Crippen MR) is 55.0 cm³/mol. The standard InChI is InChI=1S/C10H17N3O/c1-3-6-11-9-12-8(14)10(2,13-9)7-4-5-7/h7H,3-6H2,1-2H3,(H2,11,12,13,14). The quantitative estimate of drug-likeness (QED) is 0.694. The molecule has 1 amide bonds. The van der Waals surface area contributed by atoms with Crippen LogP contribution in [0.2, 0.25) is 0 Å². The van der Waals surface area contributed by atoms with Crippen molar-refractivity contribution in [2.45, 2.75) is 38.6 Å². The van der Waals surface area contributed by atoms with Gasteiger partial charge in [0.05, 0.1) is 0 Å². The summed E-state index contributed by atoms with van der Waals surface area (Å²) in [7, 11) is 0. The van der Waals surface area contributed by atoms with E-state index in [1.165, 1.54) is 0 Å². The van der Waals surface area contributed by atoms with E-state index in [2.05, 4.69) is 22.5 Å². The van der Waals surface area contributed by atoms with Crippen molar-refractivity contribution in [3.05, 3.63) is 0 Å². The first-order valence-corrected chi connectivity index (χ1v) is 5.31. The van der Waals surface area contributed by atoms with Crippen molar-refractivity contribution in [1.29, 1.82) is 0 Å². The van der Waals surface area contributed by atoms with Crippen molar-refractivity contribution in [3.63, 3.8) is 0 Å². The van der Waals surface area contributed by atoms with Crippen LogP contribution in [-0.4, -0.2) is 24.0 Å². The van der Waals surface area contributed by atoms with Crippen LogP contribution in [0.25, 0.3) is 0 Å². The minimum atomic E-state index is -0.396. The van der Waals surface area contributed by atoms with Crippen LogP contribution in [0.3, 0.4) is 0 Å². The van der Waals surface area contributed by atoms with E-state index in [1.54, 1.807) is 0 Å². The van der Waals surface area contributed by atoms with Crippen molar-refractivity contribution in [1.82, 2.24) is 10.6 Å². The molecule has 0 radical (unpaired) electrons. The first kappa shape index (κ1) is 9.49. The van der Waals surface area contributed by atoms with Crippen LogP contribution >= 0.6 is 0 Å². The normalized spacial score (nSPS) is 34.4. The molecule has 1 aliphatic heterocycles. The third-order valence-corrected chi connectivity index (χ3v) is 2.97. The summed E-state index contributed by atoms with van der Waals surface area (Å²) in [6.45, 7) is 4.80. The van der Waals surface area contributed by atoms with Gasteiger partial charge in [-0.25, -0.2) is 0 Å². The summed E-state index contributed by atoms with van der Waals surface area (Å²) in [5, 5.41) is 6.00. The van der Waals surface area contributed by atoms with E-state index in [9.17, 15) is 4.79 Å². The van der Waals surface area contributed by atoms with Crippen molar-refractivity contribution in [2.75, 3.05) is 6.54 Å². The molecule has 14 heavy (non-hydrogen) atoms. The van der Waals surface area contributed by atoms with Gasteiger partial charge in [0.15, 0.2) is 5.96 Å². The Morgan fingerprint density at radius 3 is 2.86 bits per heavy atom. The summed E-state index contributed by atoms with van der Waals surface area (Å²) >= 11 is 0. The van der Waals surface area contributed by atoms with Crippen LogP contribution in [0, 0.1) is 5.92 Å². The fourth-order valence-electron chi connectivity index (χ4n) is 1.82. The molecule has 1 unspecified atom stereocenters. The first-order valence-electron chi connectivity index (χ1n) is 5.31. The first-order chi connectivity index (χ1) is 6.66. The van der Waals surface area contributed by atoms with Crippen LogP contribution in [0.4, 0.5) is 0 Å². The number of carbonyl (C=O) groups excluding carboxylic acids is 1. The number of hydrogen-bond donors (Lipinski definition) is 2. The lowest BCUT2D eigenvalue weighted by molar-refractivity contribution is -0.124. The minimum absolute atomic E-state index is 0.0786. The highest BCUT2D eigenvalue weighted by Crippen LogP contribution is 2.40. The van der Waals surface area contributed by atoms with E-state index in [-0.39, 0.29) is 5.91 Å². The van der Waals surface area contributed by atoms with Crippen molar-refractivity contribution < 1.29 is 4.79 Å². The number of nitrogens with zero attached hydrogens (tertiary/aromatic N) is 1. The molecular weight excluding hydrogens is 178 g/mol. The Morgan fingerprint density at radius 1 is 1.57 bits per heavy atom. The molecule has 0 aromatic carbocycles. The summed E-state index contributed by atoms with van der Waals surface area (Å²) in [5.41, 5.74) is -0.396. The molecule has 2 rings (SSSR count). The fourth-order valence-corrected chi connectivity index (χ4v) is 1.82. The van der Waals surface area contributed by atoms with Gasteiger partial charge in [-0.2, -0.15) is 0 Å². The number of rotatable bonds is 3. The summed E-state index contributed by atoms with van der Waals surface area (Å²) in [6.07, 6.45) is 3.30. The van der Waals surface area contributed by atoms with E-state index >= 15 is 0 Å². The molecule has 4 nitrogen and oxygen atoms in total. The van der Waals surface area contributed by atoms with E-state index < -0.39 is 5.54 Å². The summed E-state index contributed by atoms with van der Waals surface area (Å²) in [4.78, 5) is 16.0. The van der Waals surface area contributed by atoms with Crippen molar-refractivity contribution >= 4 is 11.9 Å². The Labute approximate surface area is 84.2 Å². The number of amides is 1. The number of nitrogens with one attached hydrogen (secondary N) is 2. The molecule has 1 heterocycles. The maximum absolute atomic E-state index is 11.7.